The topological polar surface area (TPSA) is 70.7 Å². The Labute approximate surface area is 117 Å². The SMILES string of the molecule is NC(=Nc1cccc(NC(=O)CCl)c1)N1CCCC1. The van der Waals surface area contributed by atoms with Gasteiger partial charge in [0.05, 0.1) is 5.69 Å². The van der Waals surface area contributed by atoms with Crippen LogP contribution in [0.1, 0.15) is 12.8 Å². The number of carbonyl (C=O) groups is 1. The van der Waals surface area contributed by atoms with Gasteiger partial charge in [-0.05, 0) is 31.0 Å². The minimum absolute atomic E-state index is 0.0661. The zero-order valence-corrected chi connectivity index (χ0v) is 11.4. The van der Waals surface area contributed by atoms with Gasteiger partial charge in [-0.3, -0.25) is 4.79 Å². The number of anilines is 1. The number of alkyl halides is 1. The van der Waals surface area contributed by atoms with Crippen LogP contribution < -0.4 is 11.1 Å². The molecule has 0 aromatic heterocycles. The van der Waals surface area contributed by atoms with Crippen LogP contribution in [0, 0.1) is 0 Å². The van der Waals surface area contributed by atoms with E-state index in [2.05, 4.69) is 15.2 Å². The molecule has 1 heterocycles. The number of amides is 1. The van der Waals surface area contributed by atoms with E-state index < -0.39 is 0 Å². The van der Waals surface area contributed by atoms with Crippen LogP contribution in [0.5, 0.6) is 0 Å². The highest BCUT2D eigenvalue weighted by molar-refractivity contribution is 6.29. The van der Waals surface area contributed by atoms with Gasteiger partial charge in [-0.25, -0.2) is 4.99 Å². The van der Waals surface area contributed by atoms with Crippen LogP contribution in [-0.4, -0.2) is 35.7 Å². The second-order valence-electron chi connectivity index (χ2n) is 4.40. The summed E-state index contributed by atoms with van der Waals surface area (Å²) in [6.07, 6.45) is 2.31. The van der Waals surface area contributed by atoms with Crippen molar-refractivity contribution in [3.63, 3.8) is 0 Å². The molecule has 0 unspecified atom stereocenters. The third-order valence-electron chi connectivity index (χ3n) is 2.92. The van der Waals surface area contributed by atoms with Gasteiger partial charge in [0, 0.05) is 18.8 Å². The molecule has 0 radical (unpaired) electrons. The lowest BCUT2D eigenvalue weighted by Crippen LogP contribution is -2.34. The van der Waals surface area contributed by atoms with E-state index >= 15 is 0 Å². The van der Waals surface area contributed by atoms with Crippen molar-refractivity contribution in [3.8, 4) is 0 Å². The van der Waals surface area contributed by atoms with Gasteiger partial charge in [0.1, 0.15) is 5.88 Å². The van der Waals surface area contributed by atoms with E-state index in [1.54, 1.807) is 12.1 Å². The van der Waals surface area contributed by atoms with Crippen LogP contribution >= 0.6 is 11.6 Å². The molecule has 1 aromatic rings. The molecule has 1 fully saturated rings. The monoisotopic (exact) mass is 280 g/mol. The maximum atomic E-state index is 11.2. The van der Waals surface area contributed by atoms with Crippen LogP contribution in [0.15, 0.2) is 29.3 Å². The fourth-order valence-electron chi connectivity index (χ4n) is 2.00. The number of nitrogens with two attached hydrogens (primary N) is 1. The van der Waals surface area contributed by atoms with Gasteiger partial charge >= 0.3 is 0 Å². The molecule has 1 aromatic carbocycles. The van der Waals surface area contributed by atoms with E-state index in [1.807, 2.05) is 12.1 Å². The molecule has 0 spiro atoms. The van der Waals surface area contributed by atoms with E-state index in [0.717, 1.165) is 31.6 Å². The van der Waals surface area contributed by atoms with Gasteiger partial charge in [0.2, 0.25) is 5.91 Å². The van der Waals surface area contributed by atoms with Crippen LogP contribution in [0.25, 0.3) is 0 Å². The van der Waals surface area contributed by atoms with Crippen molar-refractivity contribution in [1.29, 1.82) is 0 Å². The summed E-state index contributed by atoms with van der Waals surface area (Å²) >= 11 is 5.45. The Hall–Kier alpha value is -1.75. The van der Waals surface area contributed by atoms with Crippen molar-refractivity contribution in [2.24, 2.45) is 10.7 Å². The molecule has 3 N–H and O–H groups in total. The molecule has 0 atom stereocenters. The molecule has 1 aliphatic heterocycles. The molecule has 6 heteroatoms. The summed E-state index contributed by atoms with van der Waals surface area (Å²) in [6.45, 7) is 1.91. The minimum Gasteiger partial charge on any atom is -0.369 e. The van der Waals surface area contributed by atoms with Gasteiger partial charge in [-0.1, -0.05) is 6.07 Å². The first-order valence-electron chi connectivity index (χ1n) is 6.24. The van der Waals surface area contributed by atoms with E-state index in [0.29, 0.717) is 11.6 Å². The van der Waals surface area contributed by atoms with E-state index in [4.69, 9.17) is 17.3 Å². The second-order valence-corrected chi connectivity index (χ2v) is 4.66. The number of carbonyl (C=O) groups excluding carboxylic acids is 1. The summed E-state index contributed by atoms with van der Waals surface area (Å²) in [5.41, 5.74) is 7.34. The van der Waals surface area contributed by atoms with Crippen molar-refractivity contribution in [2.45, 2.75) is 12.8 Å². The second kappa shape index (κ2) is 6.43. The zero-order valence-electron chi connectivity index (χ0n) is 10.6. The molecule has 0 aliphatic carbocycles. The third-order valence-corrected chi connectivity index (χ3v) is 3.17. The van der Waals surface area contributed by atoms with Crippen LogP contribution in [0.4, 0.5) is 11.4 Å². The average molecular weight is 281 g/mol. The summed E-state index contributed by atoms with van der Waals surface area (Å²) in [6, 6.07) is 7.22. The van der Waals surface area contributed by atoms with Gasteiger partial charge in [-0.15, -0.1) is 11.6 Å². The summed E-state index contributed by atoms with van der Waals surface area (Å²) in [5.74, 6) is 0.220. The molecule has 1 saturated heterocycles. The number of nitrogens with one attached hydrogen (secondary N) is 1. The number of benzene rings is 1. The molecule has 0 saturated carbocycles. The highest BCUT2D eigenvalue weighted by atomic mass is 35.5. The molecule has 102 valence electrons. The number of halogens is 1. The highest BCUT2D eigenvalue weighted by Crippen LogP contribution is 2.19. The molecule has 2 rings (SSSR count). The Morgan fingerprint density at radius 3 is 2.84 bits per heavy atom. The van der Waals surface area contributed by atoms with Gasteiger partial charge in [0.25, 0.3) is 0 Å². The smallest absolute Gasteiger partial charge is 0.239 e. The average Bonchev–Trinajstić information content (AvgIpc) is 2.93. The van der Waals surface area contributed by atoms with Crippen LogP contribution in [-0.2, 0) is 4.79 Å². The maximum Gasteiger partial charge on any atom is 0.239 e. The molecular weight excluding hydrogens is 264 g/mol. The first-order chi connectivity index (χ1) is 9.19. The molecule has 5 nitrogen and oxygen atoms in total. The summed E-state index contributed by atoms with van der Waals surface area (Å²) in [5, 5.41) is 2.68. The largest absolute Gasteiger partial charge is 0.369 e. The lowest BCUT2D eigenvalue weighted by Gasteiger charge is -2.15. The Morgan fingerprint density at radius 2 is 2.16 bits per heavy atom. The third kappa shape index (κ3) is 3.86. The van der Waals surface area contributed by atoms with Gasteiger partial charge < -0.3 is 16.0 Å². The quantitative estimate of drug-likeness (QED) is 0.505. The summed E-state index contributed by atoms with van der Waals surface area (Å²) < 4.78 is 0. The summed E-state index contributed by atoms with van der Waals surface area (Å²) in [7, 11) is 0. The fraction of sp³-hybridized carbons (Fsp3) is 0.385. The number of rotatable bonds is 3. The van der Waals surface area contributed by atoms with Crippen molar-refractivity contribution < 1.29 is 4.79 Å². The number of guanidine groups is 1. The van der Waals surface area contributed by atoms with E-state index in [1.165, 1.54) is 0 Å². The maximum absolute atomic E-state index is 11.2. The van der Waals surface area contributed by atoms with Crippen molar-refractivity contribution in [3.05, 3.63) is 24.3 Å². The number of hydrogen-bond donors (Lipinski definition) is 2. The standard InChI is InChI=1S/C13H17ClN4O/c14-9-12(19)16-10-4-3-5-11(8-10)17-13(15)18-6-1-2-7-18/h3-5,8H,1-2,6-7,9H2,(H2,15,17)(H,16,19). The molecular formula is C13H17ClN4O. The fourth-order valence-corrected chi connectivity index (χ4v) is 2.06. The van der Waals surface area contributed by atoms with Gasteiger partial charge in [-0.2, -0.15) is 0 Å². The molecule has 19 heavy (non-hydrogen) atoms. The number of likely N-dealkylation sites (tertiary alicyclic amines) is 1. The predicted octanol–water partition coefficient (Wildman–Crippen LogP) is 1.91. The predicted molar refractivity (Wildman–Crippen MR) is 77.9 cm³/mol. The molecule has 1 aliphatic rings. The van der Waals surface area contributed by atoms with E-state index in [9.17, 15) is 4.79 Å². The summed E-state index contributed by atoms with van der Waals surface area (Å²) in [4.78, 5) is 17.6. The lowest BCUT2D eigenvalue weighted by molar-refractivity contribution is -0.113. The highest BCUT2D eigenvalue weighted by Gasteiger charge is 2.13. The minimum atomic E-state index is -0.240. The Kier molecular flexibility index (Phi) is 4.63. The van der Waals surface area contributed by atoms with Crippen molar-refractivity contribution in [2.75, 3.05) is 24.3 Å². The van der Waals surface area contributed by atoms with Crippen molar-refractivity contribution >= 4 is 34.8 Å². The number of aliphatic imine (C=N–C) groups is 1. The lowest BCUT2D eigenvalue weighted by atomic mass is 10.3. The van der Waals surface area contributed by atoms with Gasteiger partial charge in [0.15, 0.2) is 5.96 Å². The Bertz CT molecular complexity index is 483. The number of nitrogens with zero attached hydrogens (tertiary/aromatic N) is 2. The van der Waals surface area contributed by atoms with Crippen LogP contribution in [0.3, 0.4) is 0 Å². The zero-order chi connectivity index (χ0) is 13.7. The number of hydrogen-bond acceptors (Lipinski definition) is 2. The normalized spacial score (nSPS) is 15.6. The van der Waals surface area contributed by atoms with Crippen molar-refractivity contribution in [1.82, 2.24) is 4.90 Å². The first-order valence-corrected chi connectivity index (χ1v) is 6.77. The molecule has 1 amide bonds. The Morgan fingerprint density at radius 1 is 1.42 bits per heavy atom. The Balaban J connectivity index is 2.09. The first kappa shape index (κ1) is 13.7. The van der Waals surface area contributed by atoms with E-state index in [-0.39, 0.29) is 11.8 Å². The molecule has 0 bridgehead atoms. The van der Waals surface area contributed by atoms with Crippen LogP contribution in [0.2, 0.25) is 0 Å².